The van der Waals surface area contributed by atoms with E-state index in [4.69, 9.17) is 4.74 Å². The number of nitrogens with zero attached hydrogens (tertiary/aromatic N) is 1. The molecule has 3 rings (SSSR count). The number of amides is 2. The summed E-state index contributed by atoms with van der Waals surface area (Å²) in [5, 5.41) is 4.77. The highest BCUT2D eigenvalue weighted by Gasteiger charge is 2.30. The zero-order valence-electron chi connectivity index (χ0n) is 17.5. The van der Waals surface area contributed by atoms with Crippen LogP contribution < -0.4 is 5.32 Å². The zero-order chi connectivity index (χ0) is 21.5. The molecule has 0 saturated carbocycles. The number of carbonyl (C=O) groups is 3. The van der Waals surface area contributed by atoms with Crippen molar-refractivity contribution in [2.45, 2.75) is 39.5 Å². The van der Waals surface area contributed by atoms with Crippen molar-refractivity contribution in [3.8, 4) is 0 Å². The average Bonchev–Trinajstić information content (AvgIpc) is 3.32. The third kappa shape index (κ3) is 5.27. The molecule has 1 aliphatic rings. The second-order valence-electron chi connectivity index (χ2n) is 7.38. The predicted octanol–water partition coefficient (Wildman–Crippen LogP) is 3.91. The molecule has 160 valence electrons. The Morgan fingerprint density at radius 1 is 1.13 bits per heavy atom. The van der Waals surface area contributed by atoms with Gasteiger partial charge in [0.05, 0.1) is 10.8 Å². The number of ether oxygens (including phenoxy) is 1. The van der Waals surface area contributed by atoms with Crippen molar-refractivity contribution in [3.05, 3.63) is 51.7 Å². The van der Waals surface area contributed by atoms with Crippen molar-refractivity contribution in [1.29, 1.82) is 0 Å². The lowest BCUT2D eigenvalue weighted by molar-refractivity contribution is -0.152. The Bertz CT molecular complexity index is 872. The minimum atomic E-state index is -0.423. The van der Waals surface area contributed by atoms with Crippen molar-refractivity contribution >= 4 is 34.8 Å². The van der Waals surface area contributed by atoms with Gasteiger partial charge in [-0.15, -0.1) is 11.3 Å². The Hall–Kier alpha value is -2.67. The normalized spacial score (nSPS) is 16.2. The molecule has 7 heteroatoms. The van der Waals surface area contributed by atoms with Gasteiger partial charge in [-0.1, -0.05) is 38.1 Å². The Labute approximate surface area is 181 Å². The fourth-order valence-electron chi connectivity index (χ4n) is 3.74. The van der Waals surface area contributed by atoms with Gasteiger partial charge >= 0.3 is 5.97 Å². The lowest BCUT2D eigenvalue weighted by atomic mass is 9.98. The summed E-state index contributed by atoms with van der Waals surface area (Å²) < 4.78 is 5.29. The van der Waals surface area contributed by atoms with Crippen LogP contribution >= 0.6 is 11.3 Å². The maximum atomic E-state index is 12.5. The van der Waals surface area contributed by atoms with Gasteiger partial charge in [0.1, 0.15) is 0 Å². The molecule has 1 atom stereocenters. The van der Waals surface area contributed by atoms with Crippen LogP contribution in [0.2, 0.25) is 0 Å². The van der Waals surface area contributed by atoms with Crippen LogP contribution in [0.4, 0.5) is 5.69 Å². The summed E-state index contributed by atoms with van der Waals surface area (Å²) >= 11 is 1.39. The maximum absolute atomic E-state index is 12.5. The van der Waals surface area contributed by atoms with E-state index in [9.17, 15) is 14.4 Å². The Balaban J connectivity index is 1.54. The molecule has 2 heterocycles. The van der Waals surface area contributed by atoms with Gasteiger partial charge in [-0.05, 0) is 48.3 Å². The standard InChI is InChI=1S/C23H28N2O4S/c1-3-16-8-5-9-17(4-2)21(16)24-20(26)15-29-23(28)18-10-6-12-25(14-18)22(27)19-11-7-13-30-19/h5,7-9,11,13,18H,3-4,6,10,12,14-15H2,1-2H3,(H,24,26). The van der Waals surface area contributed by atoms with Crippen molar-refractivity contribution in [2.75, 3.05) is 25.0 Å². The number of nitrogens with one attached hydrogen (secondary N) is 1. The molecule has 1 unspecified atom stereocenters. The summed E-state index contributed by atoms with van der Waals surface area (Å²) in [6.45, 7) is 4.72. The molecule has 1 fully saturated rings. The maximum Gasteiger partial charge on any atom is 0.311 e. The number of thiophene rings is 1. The summed E-state index contributed by atoms with van der Waals surface area (Å²) in [5.41, 5.74) is 2.93. The Kier molecular flexibility index (Phi) is 7.63. The molecular weight excluding hydrogens is 400 g/mol. The number of aryl methyl sites for hydroxylation is 2. The highest BCUT2D eigenvalue weighted by atomic mass is 32.1. The van der Waals surface area contributed by atoms with Crippen LogP contribution in [0.25, 0.3) is 0 Å². The van der Waals surface area contributed by atoms with Gasteiger partial charge < -0.3 is 15.0 Å². The second-order valence-corrected chi connectivity index (χ2v) is 8.33. The summed E-state index contributed by atoms with van der Waals surface area (Å²) in [6, 6.07) is 9.59. The van der Waals surface area contributed by atoms with Crippen molar-refractivity contribution in [1.82, 2.24) is 4.90 Å². The number of esters is 1. The fraction of sp³-hybridized carbons (Fsp3) is 0.435. The van der Waals surface area contributed by atoms with Gasteiger partial charge in [0.2, 0.25) is 0 Å². The smallest absolute Gasteiger partial charge is 0.311 e. The molecule has 1 aromatic carbocycles. The topological polar surface area (TPSA) is 75.7 Å². The van der Waals surface area contributed by atoms with Crippen LogP contribution in [0, 0.1) is 5.92 Å². The molecule has 1 saturated heterocycles. The highest BCUT2D eigenvalue weighted by Crippen LogP contribution is 2.23. The van der Waals surface area contributed by atoms with E-state index in [0.29, 0.717) is 24.4 Å². The Morgan fingerprint density at radius 2 is 1.87 bits per heavy atom. The molecule has 2 amide bonds. The van der Waals surface area contributed by atoms with Gasteiger partial charge in [-0.2, -0.15) is 0 Å². The van der Waals surface area contributed by atoms with Crippen LogP contribution in [0.15, 0.2) is 35.7 Å². The first-order valence-electron chi connectivity index (χ1n) is 10.4. The van der Waals surface area contributed by atoms with E-state index >= 15 is 0 Å². The Morgan fingerprint density at radius 3 is 2.50 bits per heavy atom. The van der Waals surface area contributed by atoms with E-state index in [1.165, 1.54) is 11.3 Å². The molecule has 0 radical (unpaired) electrons. The van der Waals surface area contributed by atoms with Crippen LogP contribution in [0.5, 0.6) is 0 Å². The van der Waals surface area contributed by atoms with E-state index < -0.39 is 11.9 Å². The molecule has 2 aromatic rings. The minimum absolute atomic E-state index is 0.0523. The molecule has 1 aliphatic heterocycles. The number of carbonyl (C=O) groups excluding carboxylic acids is 3. The van der Waals surface area contributed by atoms with E-state index in [1.807, 2.05) is 43.5 Å². The summed E-state index contributed by atoms with van der Waals surface area (Å²) in [5.74, 6) is -1.22. The van der Waals surface area contributed by atoms with Gasteiger partial charge in [0, 0.05) is 18.8 Å². The largest absolute Gasteiger partial charge is 0.455 e. The van der Waals surface area contributed by atoms with E-state index in [-0.39, 0.29) is 18.4 Å². The van der Waals surface area contributed by atoms with E-state index in [2.05, 4.69) is 5.32 Å². The molecular formula is C23H28N2O4S. The SMILES string of the molecule is CCc1cccc(CC)c1NC(=O)COC(=O)C1CCCN(C(=O)c2cccs2)C1. The number of rotatable bonds is 7. The van der Waals surface area contributed by atoms with E-state index in [1.54, 1.807) is 11.0 Å². The molecule has 1 aromatic heterocycles. The first kappa shape index (κ1) is 22.0. The van der Waals surface area contributed by atoms with Crippen LogP contribution in [0.1, 0.15) is 47.5 Å². The fourth-order valence-corrected chi connectivity index (χ4v) is 4.43. The molecule has 0 aliphatic carbocycles. The number of anilines is 1. The minimum Gasteiger partial charge on any atom is -0.455 e. The lowest BCUT2D eigenvalue weighted by Gasteiger charge is -2.31. The van der Waals surface area contributed by atoms with E-state index in [0.717, 1.165) is 36.1 Å². The van der Waals surface area contributed by atoms with Gasteiger partial charge in [-0.25, -0.2) is 0 Å². The molecule has 6 nitrogen and oxygen atoms in total. The van der Waals surface area contributed by atoms with Gasteiger partial charge in [-0.3, -0.25) is 14.4 Å². The van der Waals surface area contributed by atoms with Gasteiger partial charge in [0.25, 0.3) is 11.8 Å². The highest BCUT2D eigenvalue weighted by molar-refractivity contribution is 7.12. The third-order valence-corrected chi connectivity index (χ3v) is 6.24. The van der Waals surface area contributed by atoms with Crippen molar-refractivity contribution < 1.29 is 19.1 Å². The van der Waals surface area contributed by atoms with Crippen molar-refractivity contribution in [2.24, 2.45) is 5.92 Å². The monoisotopic (exact) mass is 428 g/mol. The predicted molar refractivity (Wildman–Crippen MR) is 118 cm³/mol. The molecule has 1 N–H and O–H groups in total. The number of hydrogen-bond acceptors (Lipinski definition) is 5. The number of piperidine rings is 1. The van der Waals surface area contributed by atoms with Crippen LogP contribution in [-0.4, -0.2) is 42.4 Å². The molecule has 30 heavy (non-hydrogen) atoms. The lowest BCUT2D eigenvalue weighted by Crippen LogP contribution is -2.43. The summed E-state index contributed by atoms with van der Waals surface area (Å²) in [6.07, 6.45) is 3.01. The molecule has 0 spiro atoms. The average molecular weight is 429 g/mol. The van der Waals surface area contributed by atoms with Crippen molar-refractivity contribution in [3.63, 3.8) is 0 Å². The first-order chi connectivity index (χ1) is 14.5. The summed E-state index contributed by atoms with van der Waals surface area (Å²) in [7, 11) is 0. The van der Waals surface area contributed by atoms with Crippen LogP contribution in [0.3, 0.4) is 0 Å². The quantitative estimate of drug-likeness (QED) is 0.679. The zero-order valence-corrected chi connectivity index (χ0v) is 18.3. The third-order valence-electron chi connectivity index (χ3n) is 5.38. The second kappa shape index (κ2) is 10.4. The number of hydrogen-bond donors (Lipinski definition) is 1. The number of benzene rings is 1. The summed E-state index contributed by atoms with van der Waals surface area (Å²) in [4.78, 5) is 39.8. The number of likely N-dealkylation sites (tertiary alicyclic amines) is 1. The number of para-hydroxylation sites is 1. The van der Waals surface area contributed by atoms with Gasteiger partial charge in [0.15, 0.2) is 6.61 Å². The van der Waals surface area contributed by atoms with Crippen LogP contribution in [-0.2, 0) is 27.2 Å². The molecule has 0 bridgehead atoms. The first-order valence-corrected chi connectivity index (χ1v) is 11.3.